The van der Waals surface area contributed by atoms with Crippen molar-refractivity contribution in [1.82, 2.24) is 4.98 Å². The maximum absolute atomic E-state index is 6.67. The Morgan fingerprint density at radius 1 is 1.00 bits per heavy atom. The summed E-state index contributed by atoms with van der Waals surface area (Å²) in [6.07, 6.45) is 12.0. The van der Waals surface area contributed by atoms with Crippen LogP contribution in [0.1, 0.15) is 85.0 Å². The van der Waals surface area contributed by atoms with Crippen LogP contribution in [0.15, 0.2) is 11.2 Å². The molecule has 5 nitrogen and oxygen atoms in total. The molecule has 0 aliphatic rings. The molecular formula is C23H38ClN4OS+. The minimum atomic E-state index is 0.527. The van der Waals surface area contributed by atoms with E-state index in [-0.39, 0.29) is 0 Å². The Morgan fingerprint density at radius 2 is 1.63 bits per heavy atom. The third-order valence-electron chi connectivity index (χ3n) is 5.27. The predicted octanol–water partition coefficient (Wildman–Crippen LogP) is 6.94. The minimum Gasteiger partial charge on any atom is -0.491 e. The zero-order chi connectivity index (χ0) is 21.8. The lowest BCUT2D eigenvalue weighted by Crippen LogP contribution is -2.25. The van der Waals surface area contributed by atoms with Crippen molar-refractivity contribution in [2.24, 2.45) is 5.11 Å². The van der Waals surface area contributed by atoms with Crippen LogP contribution in [0.3, 0.4) is 0 Å². The lowest BCUT2D eigenvalue weighted by Gasteiger charge is -2.21. The van der Waals surface area contributed by atoms with Crippen molar-refractivity contribution >= 4 is 44.0 Å². The second-order valence-electron chi connectivity index (χ2n) is 7.82. The predicted molar refractivity (Wildman–Crippen MR) is 130 cm³/mol. The molecule has 1 aromatic carbocycles. The van der Waals surface area contributed by atoms with Crippen molar-refractivity contribution < 1.29 is 10.3 Å². The molecule has 1 heterocycles. The van der Waals surface area contributed by atoms with Gasteiger partial charge in [0, 0.05) is 19.2 Å². The Balaban J connectivity index is 2.15. The van der Waals surface area contributed by atoms with Gasteiger partial charge in [-0.25, -0.2) is 4.98 Å². The third-order valence-corrected chi connectivity index (χ3v) is 6.90. The van der Waals surface area contributed by atoms with Gasteiger partial charge in [0.2, 0.25) is 0 Å². The molecule has 0 saturated carbocycles. The number of ether oxygens (including phenoxy) is 1. The molecule has 0 aliphatic carbocycles. The van der Waals surface area contributed by atoms with Gasteiger partial charge in [-0.3, -0.25) is 0 Å². The molecule has 7 heteroatoms. The van der Waals surface area contributed by atoms with E-state index >= 15 is 0 Å². The maximum Gasteiger partial charge on any atom is 0.191 e. The van der Waals surface area contributed by atoms with E-state index < -0.39 is 0 Å². The van der Waals surface area contributed by atoms with E-state index in [1.807, 2.05) is 6.07 Å². The lowest BCUT2D eigenvalue weighted by atomic mass is 10.1. The summed E-state index contributed by atoms with van der Waals surface area (Å²) in [7, 11) is 0. The summed E-state index contributed by atoms with van der Waals surface area (Å²) in [4.78, 5) is 7.27. The normalized spacial score (nSPS) is 11.2. The van der Waals surface area contributed by atoms with Crippen LogP contribution in [0.4, 0.5) is 10.8 Å². The van der Waals surface area contributed by atoms with E-state index in [0.717, 1.165) is 47.7 Å². The topological polar surface area (TPSA) is 63.3 Å². The van der Waals surface area contributed by atoms with Crippen LogP contribution in [0.5, 0.6) is 5.75 Å². The Hall–Kier alpha value is -1.40. The second kappa shape index (κ2) is 13.8. The molecule has 2 aromatic rings. The van der Waals surface area contributed by atoms with Crippen LogP contribution in [-0.4, -0.2) is 24.7 Å². The molecule has 0 unspecified atom stereocenters. The van der Waals surface area contributed by atoms with Gasteiger partial charge in [0.25, 0.3) is 0 Å². The van der Waals surface area contributed by atoms with Crippen LogP contribution in [0, 0.1) is 0 Å². The largest absolute Gasteiger partial charge is 0.491 e. The standard InChI is InChI=1S/C23H37ClN4OS/c1-4-7-10-11-12-13-16-29-19-17-18-22(20(24)21(19)27-25)30-23(26-18)28(14-8-5-2)15-9-6-3/h17,25H,4-16H2,1-3H3/p+1. The fraction of sp³-hybridized carbons (Fsp3) is 0.696. The Labute approximate surface area is 190 Å². The molecule has 30 heavy (non-hydrogen) atoms. The molecule has 0 radical (unpaired) electrons. The fourth-order valence-electron chi connectivity index (χ4n) is 3.41. The third kappa shape index (κ3) is 7.09. The van der Waals surface area contributed by atoms with Crippen molar-refractivity contribution in [2.45, 2.75) is 85.0 Å². The molecule has 2 rings (SSSR count). The first kappa shape index (κ1) is 24.9. The van der Waals surface area contributed by atoms with Crippen LogP contribution in [0.25, 0.3) is 10.2 Å². The van der Waals surface area contributed by atoms with Gasteiger partial charge in [0.1, 0.15) is 0 Å². The number of hydrogen-bond donors (Lipinski definition) is 1. The summed E-state index contributed by atoms with van der Waals surface area (Å²) in [5, 5.41) is 5.48. The van der Waals surface area contributed by atoms with Crippen molar-refractivity contribution in [3.05, 3.63) is 11.1 Å². The quantitative estimate of drug-likeness (QED) is 0.221. The fourth-order valence-corrected chi connectivity index (χ4v) is 4.80. The molecular weight excluding hydrogens is 416 g/mol. The summed E-state index contributed by atoms with van der Waals surface area (Å²) in [5.41, 5.74) is 7.05. The number of rotatable bonds is 16. The van der Waals surface area contributed by atoms with E-state index in [4.69, 9.17) is 26.9 Å². The number of nitrogens with two attached hydrogens (primary N) is 1. The van der Waals surface area contributed by atoms with Crippen LogP contribution in [-0.2, 0) is 0 Å². The van der Waals surface area contributed by atoms with E-state index in [9.17, 15) is 0 Å². The summed E-state index contributed by atoms with van der Waals surface area (Å²) >= 11 is 8.29. The van der Waals surface area contributed by atoms with Gasteiger partial charge < -0.3 is 9.64 Å². The molecule has 0 fully saturated rings. The summed E-state index contributed by atoms with van der Waals surface area (Å²) in [6, 6.07) is 1.95. The number of hydrogen-bond acceptors (Lipinski definition) is 5. The number of nitrogens with zero attached hydrogens (tertiary/aromatic N) is 3. The van der Waals surface area contributed by atoms with Crippen molar-refractivity contribution in [3.8, 4) is 5.75 Å². The number of thiazole rings is 1. The monoisotopic (exact) mass is 453 g/mol. The highest BCUT2D eigenvalue weighted by atomic mass is 35.5. The number of fused-ring (bicyclic) bond motifs is 1. The second-order valence-corrected chi connectivity index (χ2v) is 9.18. The van der Waals surface area contributed by atoms with Gasteiger partial charge in [-0.05, 0) is 24.4 Å². The van der Waals surface area contributed by atoms with E-state index in [0.29, 0.717) is 23.1 Å². The van der Waals surface area contributed by atoms with Crippen molar-refractivity contribution in [3.63, 3.8) is 0 Å². The van der Waals surface area contributed by atoms with Gasteiger partial charge in [-0.2, -0.15) is 5.53 Å². The van der Waals surface area contributed by atoms with Crippen molar-refractivity contribution in [1.29, 1.82) is 0 Å². The summed E-state index contributed by atoms with van der Waals surface area (Å²) in [6.45, 7) is 9.35. The van der Waals surface area contributed by atoms with Gasteiger partial charge in [-0.15, -0.1) is 0 Å². The Bertz CT molecular complexity index is 772. The average Bonchev–Trinajstić information content (AvgIpc) is 3.17. The summed E-state index contributed by atoms with van der Waals surface area (Å²) in [5.74, 6) is 0.633. The van der Waals surface area contributed by atoms with Gasteiger partial charge in [0.15, 0.2) is 16.6 Å². The molecule has 2 N–H and O–H groups in total. The first-order valence-corrected chi connectivity index (χ1v) is 12.8. The smallest absolute Gasteiger partial charge is 0.191 e. The summed E-state index contributed by atoms with van der Waals surface area (Å²) < 4.78 is 6.95. The highest BCUT2D eigenvalue weighted by Crippen LogP contribution is 2.44. The van der Waals surface area contributed by atoms with E-state index in [1.165, 1.54) is 44.9 Å². The molecule has 0 amide bonds. The minimum absolute atomic E-state index is 0.527. The first-order valence-electron chi connectivity index (χ1n) is 11.6. The molecule has 0 saturated heterocycles. The number of anilines is 1. The number of benzene rings is 1. The average molecular weight is 454 g/mol. The van der Waals surface area contributed by atoms with Crippen molar-refractivity contribution in [2.75, 3.05) is 24.6 Å². The molecule has 0 bridgehead atoms. The van der Waals surface area contributed by atoms with Gasteiger partial charge in [0.05, 0.1) is 21.8 Å². The van der Waals surface area contributed by atoms with Gasteiger partial charge >= 0.3 is 0 Å². The van der Waals surface area contributed by atoms with Gasteiger partial charge in [-0.1, -0.05) is 88.7 Å². The Kier molecular flexibility index (Phi) is 11.4. The molecule has 1 aromatic heterocycles. The number of halogens is 1. The zero-order valence-corrected chi connectivity index (χ0v) is 20.5. The Morgan fingerprint density at radius 3 is 2.27 bits per heavy atom. The molecule has 0 aliphatic heterocycles. The molecule has 0 spiro atoms. The first-order chi connectivity index (χ1) is 14.7. The molecule has 0 atom stereocenters. The van der Waals surface area contributed by atoms with E-state index in [1.54, 1.807) is 11.3 Å². The van der Waals surface area contributed by atoms with Crippen LogP contribution in [0.2, 0.25) is 5.02 Å². The molecule has 168 valence electrons. The highest BCUT2D eigenvalue weighted by molar-refractivity contribution is 7.22. The number of unbranched alkanes of at least 4 members (excludes halogenated alkanes) is 7. The zero-order valence-electron chi connectivity index (χ0n) is 18.9. The lowest BCUT2D eigenvalue weighted by molar-refractivity contribution is -0.210. The van der Waals surface area contributed by atoms with Crippen LogP contribution < -0.4 is 15.2 Å². The number of aromatic nitrogens is 1. The maximum atomic E-state index is 6.67. The van der Waals surface area contributed by atoms with E-state index in [2.05, 4.69) is 30.8 Å². The highest BCUT2D eigenvalue weighted by Gasteiger charge is 2.20. The van der Waals surface area contributed by atoms with Crippen LogP contribution >= 0.6 is 22.9 Å². The SMILES string of the molecule is CCCCCCCCOc1cc2nc(N(CCCC)CCCC)sc2c(Cl)c1N=[NH2+].